The predicted octanol–water partition coefficient (Wildman–Crippen LogP) is 4.02. The molecule has 2 N–H and O–H groups in total. The lowest BCUT2D eigenvalue weighted by Crippen LogP contribution is -2.42. The highest BCUT2D eigenvalue weighted by Crippen LogP contribution is 2.25. The fourth-order valence-electron chi connectivity index (χ4n) is 2.32. The lowest BCUT2D eigenvalue weighted by molar-refractivity contribution is -0.128. The summed E-state index contributed by atoms with van der Waals surface area (Å²) < 4.78 is 19.6. The maximum absolute atomic E-state index is 14.0. The Balaban J connectivity index is 1.59. The van der Waals surface area contributed by atoms with E-state index >= 15 is 0 Å². The third kappa shape index (κ3) is 5.58. The third-order valence-electron chi connectivity index (χ3n) is 3.79. The molecule has 0 atom stereocenters. The van der Waals surface area contributed by atoms with E-state index in [0.717, 1.165) is 5.56 Å². The number of aryl methyl sites for hydroxylation is 1. The summed E-state index contributed by atoms with van der Waals surface area (Å²) in [7, 11) is 0. The van der Waals surface area contributed by atoms with Gasteiger partial charge in [-0.15, -0.1) is 22.7 Å². The maximum atomic E-state index is 14.0. The second kappa shape index (κ2) is 8.66. The number of hydrogen-bond acceptors (Lipinski definition) is 7. The van der Waals surface area contributed by atoms with Gasteiger partial charge in [-0.1, -0.05) is 6.07 Å². The molecule has 10 heteroatoms. The summed E-state index contributed by atoms with van der Waals surface area (Å²) in [6.45, 7) is 4.84. The molecule has 0 bridgehead atoms. The minimum absolute atomic E-state index is 0.00515. The van der Waals surface area contributed by atoms with Crippen LogP contribution in [0.2, 0.25) is 0 Å². The zero-order valence-corrected chi connectivity index (χ0v) is 17.6. The standard InChI is InChI=1S/C19H19FN4O3S2/c1-11-4-5-14(13(20)8-11)27-19(2,3)16(26)24-18-22-12(10-29-18)9-15(25)23-17-21-6-7-28-17/h4-8,10H,9H2,1-3H3,(H,21,23,25)(H,22,24,26). The van der Waals surface area contributed by atoms with Crippen LogP contribution in [-0.2, 0) is 16.0 Å². The minimum atomic E-state index is -1.33. The first-order valence-electron chi connectivity index (χ1n) is 8.63. The van der Waals surface area contributed by atoms with E-state index in [0.29, 0.717) is 16.0 Å². The van der Waals surface area contributed by atoms with Crippen LogP contribution in [0.15, 0.2) is 35.2 Å². The summed E-state index contributed by atoms with van der Waals surface area (Å²) >= 11 is 2.51. The molecular formula is C19H19FN4O3S2. The van der Waals surface area contributed by atoms with Gasteiger partial charge in [-0.3, -0.25) is 14.9 Å². The Bertz CT molecular complexity index is 1020. The van der Waals surface area contributed by atoms with Gasteiger partial charge in [0, 0.05) is 17.0 Å². The Kier molecular flexibility index (Phi) is 6.23. The van der Waals surface area contributed by atoms with E-state index in [1.165, 1.54) is 48.7 Å². The molecule has 0 spiro atoms. The normalized spacial score (nSPS) is 11.2. The number of carbonyl (C=O) groups is 2. The van der Waals surface area contributed by atoms with Gasteiger partial charge in [0.1, 0.15) is 0 Å². The maximum Gasteiger partial charge on any atom is 0.269 e. The van der Waals surface area contributed by atoms with Crippen LogP contribution < -0.4 is 15.4 Å². The van der Waals surface area contributed by atoms with Gasteiger partial charge in [-0.05, 0) is 38.5 Å². The molecule has 2 amide bonds. The SMILES string of the molecule is Cc1ccc(OC(C)(C)C(=O)Nc2nc(CC(=O)Nc3nccs3)cs2)c(F)c1. The fourth-order valence-corrected chi connectivity index (χ4v) is 3.57. The van der Waals surface area contributed by atoms with Gasteiger partial charge in [-0.25, -0.2) is 14.4 Å². The number of hydrogen-bond donors (Lipinski definition) is 2. The van der Waals surface area contributed by atoms with Crippen LogP contribution in [0.4, 0.5) is 14.7 Å². The van der Waals surface area contributed by atoms with Gasteiger partial charge in [0.2, 0.25) is 5.91 Å². The lowest BCUT2D eigenvalue weighted by atomic mass is 10.1. The van der Waals surface area contributed by atoms with Crippen LogP contribution in [0.5, 0.6) is 5.75 Å². The highest BCUT2D eigenvalue weighted by molar-refractivity contribution is 7.14. The van der Waals surface area contributed by atoms with Crippen molar-refractivity contribution < 1.29 is 18.7 Å². The van der Waals surface area contributed by atoms with Gasteiger partial charge in [0.05, 0.1) is 12.1 Å². The molecule has 2 aromatic heterocycles. The monoisotopic (exact) mass is 434 g/mol. The highest BCUT2D eigenvalue weighted by Gasteiger charge is 2.31. The van der Waals surface area contributed by atoms with Crippen molar-refractivity contribution in [2.45, 2.75) is 32.8 Å². The average molecular weight is 435 g/mol. The molecule has 0 saturated heterocycles. The van der Waals surface area contributed by atoms with Gasteiger partial charge >= 0.3 is 0 Å². The number of nitrogens with zero attached hydrogens (tertiary/aromatic N) is 2. The molecule has 2 heterocycles. The number of anilines is 2. The second-order valence-electron chi connectivity index (χ2n) is 6.71. The number of amides is 2. The first kappa shape index (κ1) is 20.9. The Morgan fingerprint density at radius 2 is 2.00 bits per heavy atom. The van der Waals surface area contributed by atoms with Crippen molar-refractivity contribution in [3.8, 4) is 5.75 Å². The van der Waals surface area contributed by atoms with Crippen LogP contribution in [0.3, 0.4) is 0 Å². The van der Waals surface area contributed by atoms with Crippen LogP contribution in [0.25, 0.3) is 0 Å². The number of ether oxygens (including phenoxy) is 1. The smallest absolute Gasteiger partial charge is 0.269 e. The van der Waals surface area contributed by atoms with Crippen molar-refractivity contribution >= 4 is 44.8 Å². The van der Waals surface area contributed by atoms with Gasteiger partial charge < -0.3 is 10.1 Å². The molecule has 0 saturated carbocycles. The summed E-state index contributed by atoms with van der Waals surface area (Å²) in [6, 6.07) is 4.53. The van der Waals surface area contributed by atoms with E-state index in [1.54, 1.807) is 29.9 Å². The van der Waals surface area contributed by atoms with E-state index in [2.05, 4.69) is 20.6 Å². The molecular weight excluding hydrogens is 415 g/mol. The molecule has 0 aliphatic heterocycles. The molecule has 29 heavy (non-hydrogen) atoms. The topological polar surface area (TPSA) is 93.2 Å². The first-order valence-corrected chi connectivity index (χ1v) is 10.4. The summed E-state index contributed by atoms with van der Waals surface area (Å²) in [6.07, 6.45) is 1.66. The van der Waals surface area contributed by atoms with E-state index < -0.39 is 17.3 Å². The second-order valence-corrected chi connectivity index (χ2v) is 8.46. The van der Waals surface area contributed by atoms with Crippen LogP contribution in [0, 0.1) is 12.7 Å². The van der Waals surface area contributed by atoms with E-state index in [4.69, 9.17) is 4.74 Å². The molecule has 0 aliphatic carbocycles. The molecule has 1 aromatic carbocycles. The summed E-state index contributed by atoms with van der Waals surface area (Å²) in [5.74, 6) is -1.27. The van der Waals surface area contributed by atoms with Crippen molar-refractivity contribution in [3.63, 3.8) is 0 Å². The molecule has 0 unspecified atom stereocenters. The third-order valence-corrected chi connectivity index (χ3v) is 5.29. The predicted molar refractivity (Wildman–Crippen MR) is 111 cm³/mol. The number of halogens is 1. The van der Waals surface area contributed by atoms with Gasteiger partial charge in [0.15, 0.2) is 27.4 Å². The molecule has 152 valence electrons. The number of thiazole rings is 2. The zero-order chi connectivity index (χ0) is 21.0. The van der Waals surface area contributed by atoms with Crippen molar-refractivity contribution in [1.29, 1.82) is 0 Å². The molecule has 0 fully saturated rings. The van der Waals surface area contributed by atoms with Crippen LogP contribution in [-0.4, -0.2) is 27.4 Å². The van der Waals surface area contributed by atoms with Gasteiger partial charge in [-0.2, -0.15) is 0 Å². The number of aromatic nitrogens is 2. The van der Waals surface area contributed by atoms with Crippen molar-refractivity contribution in [2.75, 3.05) is 10.6 Å². The number of rotatable bonds is 7. The molecule has 3 rings (SSSR count). The van der Waals surface area contributed by atoms with E-state index in [9.17, 15) is 14.0 Å². The average Bonchev–Trinajstić information content (AvgIpc) is 3.29. The van der Waals surface area contributed by atoms with Crippen LogP contribution in [0.1, 0.15) is 25.1 Å². The van der Waals surface area contributed by atoms with E-state index in [-0.39, 0.29) is 18.1 Å². The van der Waals surface area contributed by atoms with Crippen molar-refractivity contribution in [1.82, 2.24) is 9.97 Å². The molecule has 0 aliphatic rings. The largest absolute Gasteiger partial charge is 0.475 e. The molecule has 7 nitrogen and oxygen atoms in total. The fraction of sp³-hybridized carbons (Fsp3) is 0.263. The summed E-state index contributed by atoms with van der Waals surface area (Å²) in [4.78, 5) is 32.8. The molecule has 3 aromatic rings. The quantitative estimate of drug-likeness (QED) is 0.586. The summed E-state index contributed by atoms with van der Waals surface area (Å²) in [5, 5.41) is 9.61. The number of carbonyl (C=O) groups excluding carboxylic acids is 2. The summed E-state index contributed by atoms with van der Waals surface area (Å²) in [5.41, 5.74) is -0.0570. The Hall–Kier alpha value is -2.85. The van der Waals surface area contributed by atoms with E-state index in [1.807, 2.05) is 0 Å². The lowest BCUT2D eigenvalue weighted by Gasteiger charge is -2.25. The van der Waals surface area contributed by atoms with Crippen molar-refractivity contribution in [2.24, 2.45) is 0 Å². The number of nitrogens with one attached hydrogen (secondary N) is 2. The Labute approximate surface area is 175 Å². The first-order chi connectivity index (χ1) is 13.7. The molecule has 0 radical (unpaired) electrons. The zero-order valence-electron chi connectivity index (χ0n) is 16.0. The van der Waals surface area contributed by atoms with Gasteiger partial charge in [0.25, 0.3) is 5.91 Å². The Morgan fingerprint density at radius 1 is 1.21 bits per heavy atom. The Morgan fingerprint density at radius 3 is 2.69 bits per heavy atom. The number of benzene rings is 1. The minimum Gasteiger partial charge on any atom is -0.475 e. The highest BCUT2D eigenvalue weighted by atomic mass is 32.1. The van der Waals surface area contributed by atoms with Crippen LogP contribution >= 0.6 is 22.7 Å². The van der Waals surface area contributed by atoms with Crippen molar-refractivity contribution in [3.05, 3.63) is 52.2 Å².